The van der Waals surface area contributed by atoms with Gasteiger partial charge in [-0.1, -0.05) is 12.1 Å². The Morgan fingerprint density at radius 1 is 1.47 bits per heavy atom. The van der Waals surface area contributed by atoms with Gasteiger partial charge in [0, 0.05) is 0 Å². The molecule has 1 aliphatic carbocycles. The Bertz CT molecular complexity index is 475. The Morgan fingerprint density at radius 3 is 2.74 bits per heavy atom. The first-order valence-electron chi connectivity index (χ1n) is 6.05. The van der Waals surface area contributed by atoms with Crippen molar-refractivity contribution < 1.29 is 18.3 Å². The zero-order valence-electron chi connectivity index (χ0n) is 10.5. The lowest BCUT2D eigenvalue weighted by Gasteiger charge is -2.18. The second kappa shape index (κ2) is 5.13. The molecule has 1 aromatic carbocycles. The summed E-state index contributed by atoms with van der Waals surface area (Å²) in [6, 6.07) is 5.95. The van der Waals surface area contributed by atoms with E-state index in [-0.39, 0.29) is 17.7 Å². The molecule has 4 nitrogen and oxygen atoms in total. The number of alkyl halides is 2. The molecule has 1 fully saturated rings. The van der Waals surface area contributed by atoms with Crippen LogP contribution in [0, 0.1) is 0 Å². The summed E-state index contributed by atoms with van der Waals surface area (Å²) in [7, 11) is 0. The van der Waals surface area contributed by atoms with E-state index >= 15 is 0 Å². The standard InChI is InChI=1S/C13H16F2N2O2/c1-8(17-11(18)13(16)5-6-13)9-3-2-4-10(7-9)19-12(14)15/h2-4,7-8,12H,5-6,16H2,1H3,(H,17,18). The van der Waals surface area contributed by atoms with Crippen LogP contribution in [-0.4, -0.2) is 18.1 Å². The van der Waals surface area contributed by atoms with Gasteiger partial charge in [0.25, 0.3) is 0 Å². The molecule has 0 spiro atoms. The Morgan fingerprint density at radius 2 is 2.16 bits per heavy atom. The van der Waals surface area contributed by atoms with Crippen LogP contribution in [0.25, 0.3) is 0 Å². The van der Waals surface area contributed by atoms with Crippen molar-refractivity contribution in [2.75, 3.05) is 0 Å². The zero-order valence-corrected chi connectivity index (χ0v) is 10.5. The predicted molar refractivity (Wildman–Crippen MR) is 65.8 cm³/mol. The highest BCUT2D eigenvalue weighted by Crippen LogP contribution is 2.33. The fourth-order valence-corrected chi connectivity index (χ4v) is 1.75. The van der Waals surface area contributed by atoms with E-state index in [4.69, 9.17) is 5.73 Å². The maximum atomic E-state index is 12.1. The molecule has 1 unspecified atom stereocenters. The molecule has 2 rings (SSSR count). The molecule has 1 aromatic rings. The number of hydrogen-bond acceptors (Lipinski definition) is 3. The third kappa shape index (κ3) is 3.41. The minimum Gasteiger partial charge on any atom is -0.435 e. The number of hydrogen-bond donors (Lipinski definition) is 2. The molecular weight excluding hydrogens is 254 g/mol. The van der Waals surface area contributed by atoms with Crippen LogP contribution in [0.4, 0.5) is 8.78 Å². The first-order chi connectivity index (χ1) is 8.90. The molecule has 0 aromatic heterocycles. The summed E-state index contributed by atoms with van der Waals surface area (Å²) in [5.41, 5.74) is 5.72. The molecule has 0 aliphatic heterocycles. The number of carbonyl (C=O) groups excluding carboxylic acids is 1. The molecule has 1 saturated carbocycles. The zero-order chi connectivity index (χ0) is 14.0. The van der Waals surface area contributed by atoms with Gasteiger partial charge in [0.15, 0.2) is 0 Å². The Labute approximate surface area is 109 Å². The van der Waals surface area contributed by atoms with E-state index in [0.717, 1.165) is 0 Å². The van der Waals surface area contributed by atoms with Gasteiger partial charge in [0.05, 0.1) is 11.6 Å². The number of nitrogens with two attached hydrogens (primary N) is 1. The number of halogens is 2. The third-order valence-corrected chi connectivity index (χ3v) is 3.17. The minimum absolute atomic E-state index is 0.0717. The van der Waals surface area contributed by atoms with Gasteiger partial charge in [-0.2, -0.15) is 8.78 Å². The molecule has 6 heteroatoms. The number of nitrogens with one attached hydrogen (secondary N) is 1. The molecule has 104 valence electrons. The smallest absolute Gasteiger partial charge is 0.387 e. The first-order valence-corrected chi connectivity index (χ1v) is 6.05. The van der Waals surface area contributed by atoms with Crippen molar-refractivity contribution in [1.82, 2.24) is 5.32 Å². The number of rotatable bonds is 5. The van der Waals surface area contributed by atoms with Gasteiger partial charge in [-0.15, -0.1) is 0 Å². The monoisotopic (exact) mass is 270 g/mol. The van der Waals surface area contributed by atoms with Gasteiger partial charge in [-0.3, -0.25) is 4.79 Å². The van der Waals surface area contributed by atoms with Crippen LogP contribution in [0.5, 0.6) is 5.75 Å². The molecular formula is C13H16F2N2O2. The summed E-state index contributed by atoms with van der Waals surface area (Å²) in [6.45, 7) is -1.09. The Kier molecular flexibility index (Phi) is 3.71. The van der Waals surface area contributed by atoms with Gasteiger partial charge in [0.2, 0.25) is 5.91 Å². The topological polar surface area (TPSA) is 64.4 Å². The van der Waals surface area contributed by atoms with E-state index in [2.05, 4.69) is 10.1 Å². The Hall–Kier alpha value is -1.69. The highest BCUT2D eigenvalue weighted by Gasteiger charge is 2.46. The van der Waals surface area contributed by atoms with Crippen molar-refractivity contribution in [3.05, 3.63) is 29.8 Å². The van der Waals surface area contributed by atoms with Crippen LogP contribution in [-0.2, 0) is 4.79 Å². The van der Waals surface area contributed by atoms with E-state index in [1.165, 1.54) is 12.1 Å². The lowest BCUT2D eigenvalue weighted by molar-refractivity contribution is -0.123. The minimum atomic E-state index is -2.86. The summed E-state index contributed by atoms with van der Waals surface area (Å²) in [4.78, 5) is 11.8. The van der Waals surface area contributed by atoms with Gasteiger partial charge >= 0.3 is 6.61 Å². The summed E-state index contributed by atoms with van der Waals surface area (Å²) >= 11 is 0. The number of benzene rings is 1. The molecule has 0 bridgehead atoms. The van der Waals surface area contributed by atoms with Crippen molar-refractivity contribution in [3.63, 3.8) is 0 Å². The van der Waals surface area contributed by atoms with Crippen LogP contribution in [0.2, 0.25) is 0 Å². The number of amides is 1. The maximum Gasteiger partial charge on any atom is 0.387 e. The average molecular weight is 270 g/mol. The van der Waals surface area contributed by atoms with Gasteiger partial charge in [0.1, 0.15) is 5.75 Å². The van der Waals surface area contributed by atoms with Crippen molar-refractivity contribution in [2.24, 2.45) is 5.73 Å². The number of carbonyl (C=O) groups is 1. The van der Waals surface area contributed by atoms with Crippen LogP contribution >= 0.6 is 0 Å². The lowest BCUT2D eigenvalue weighted by Crippen LogP contribution is -2.43. The molecule has 0 radical (unpaired) electrons. The highest BCUT2D eigenvalue weighted by atomic mass is 19.3. The highest BCUT2D eigenvalue weighted by molar-refractivity contribution is 5.89. The fraction of sp³-hybridized carbons (Fsp3) is 0.462. The molecule has 1 amide bonds. The second-order valence-corrected chi connectivity index (χ2v) is 4.80. The van der Waals surface area contributed by atoms with Crippen LogP contribution in [0.1, 0.15) is 31.4 Å². The van der Waals surface area contributed by atoms with E-state index < -0.39 is 12.2 Å². The van der Waals surface area contributed by atoms with Gasteiger partial charge < -0.3 is 15.8 Å². The van der Waals surface area contributed by atoms with Crippen LogP contribution in [0.3, 0.4) is 0 Å². The fourth-order valence-electron chi connectivity index (χ4n) is 1.75. The molecule has 19 heavy (non-hydrogen) atoms. The van der Waals surface area contributed by atoms with E-state index in [0.29, 0.717) is 18.4 Å². The first kappa shape index (κ1) is 13.7. The van der Waals surface area contributed by atoms with Crippen molar-refractivity contribution in [1.29, 1.82) is 0 Å². The third-order valence-electron chi connectivity index (χ3n) is 3.17. The molecule has 1 atom stereocenters. The summed E-state index contributed by atoms with van der Waals surface area (Å²) in [5.74, 6) is -0.136. The maximum absolute atomic E-state index is 12.1. The lowest BCUT2D eigenvalue weighted by atomic mass is 10.1. The summed E-state index contributed by atoms with van der Waals surface area (Å²) in [6.07, 6.45) is 1.36. The normalized spacial score (nSPS) is 17.9. The summed E-state index contributed by atoms with van der Waals surface area (Å²) in [5, 5.41) is 2.77. The SMILES string of the molecule is CC(NC(=O)C1(N)CC1)c1cccc(OC(F)F)c1. The van der Waals surface area contributed by atoms with Crippen LogP contribution < -0.4 is 15.8 Å². The molecule has 3 N–H and O–H groups in total. The quantitative estimate of drug-likeness (QED) is 0.859. The van der Waals surface area contributed by atoms with Gasteiger partial charge in [-0.05, 0) is 37.5 Å². The summed E-state index contributed by atoms with van der Waals surface area (Å²) < 4.78 is 28.6. The molecule has 1 aliphatic rings. The predicted octanol–water partition coefficient (Wildman–Crippen LogP) is 1.96. The van der Waals surface area contributed by atoms with Crippen molar-refractivity contribution >= 4 is 5.91 Å². The Balaban J connectivity index is 2.02. The van der Waals surface area contributed by atoms with Crippen molar-refractivity contribution in [3.8, 4) is 5.75 Å². The van der Waals surface area contributed by atoms with Gasteiger partial charge in [-0.25, -0.2) is 0 Å². The number of ether oxygens (including phenoxy) is 1. The van der Waals surface area contributed by atoms with E-state index in [1.54, 1.807) is 19.1 Å². The van der Waals surface area contributed by atoms with E-state index in [1.807, 2.05) is 0 Å². The average Bonchev–Trinajstić information content (AvgIpc) is 3.08. The second-order valence-electron chi connectivity index (χ2n) is 4.80. The van der Waals surface area contributed by atoms with E-state index in [9.17, 15) is 13.6 Å². The molecule has 0 heterocycles. The van der Waals surface area contributed by atoms with Crippen LogP contribution in [0.15, 0.2) is 24.3 Å². The largest absolute Gasteiger partial charge is 0.435 e. The molecule has 0 saturated heterocycles. The van der Waals surface area contributed by atoms with Crippen molar-refractivity contribution in [2.45, 2.75) is 38.0 Å².